The zero-order valence-corrected chi connectivity index (χ0v) is 9.84. The lowest BCUT2D eigenvalue weighted by Gasteiger charge is -2.11. The number of nitro benzene ring substituents is 1. The fourth-order valence-electron chi connectivity index (χ4n) is 1.33. The van der Waals surface area contributed by atoms with Gasteiger partial charge in [-0.05, 0) is 18.6 Å². The van der Waals surface area contributed by atoms with E-state index in [9.17, 15) is 10.1 Å². The molecule has 0 heterocycles. The topological polar surface area (TPSA) is 84.6 Å². The summed E-state index contributed by atoms with van der Waals surface area (Å²) >= 11 is 0. The molecule has 0 radical (unpaired) electrons. The van der Waals surface area contributed by atoms with Crippen molar-refractivity contribution < 1.29 is 14.8 Å². The molecule has 0 bridgehead atoms. The van der Waals surface area contributed by atoms with Crippen molar-refractivity contribution in [2.75, 3.05) is 13.7 Å². The summed E-state index contributed by atoms with van der Waals surface area (Å²) in [6.45, 7) is 2.29. The zero-order chi connectivity index (χ0) is 12.8. The molecular weight excluding hydrogens is 224 g/mol. The normalized spacial score (nSPS) is 12.2. The molecule has 1 unspecified atom stereocenters. The van der Waals surface area contributed by atoms with Gasteiger partial charge in [-0.2, -0.15) is 0 Å². The molecule has 94 valence electrons. The van der Waals surface area contributed by atoms with Gasteiger partial charge in [-0.1, -0.05) is 0 Å². The summed E-state index contributed by atoms with van der Waals surface area (Å²) < 4.78 is 5.00. The summed E-state index contributed by atoms with van der Waals surface area (Å²) in [6, 6.07) is 4.53. The maximum Gasteiger partial charge on any atom is 0.273 e. The van der Waals surface area contributed by atoms with Crippen LogP contribution in [-0.4, -0.2) is 29.8 Å². The maximum atomic E-state index is 10.7. The van der Waals surface area contributed by atoms with Crippen molar-refractivity contribution in [1.82, 2.24) is 5.32 Å². The van der Waals surface area contributed by atoms with Crippen LogP contribution in [0.15, 0.2) is 18.2 Å². The molecule has 0 amide bonds. The van der Waals surface area contributed by atoms with Crippen molar-refractivity contribution in [2.24, 2.45) is 0 Å². The number of non-ortho nitro benzene ring substituents is 1. The van der Waals surface area contributed by atoms with Gasteiger partial charge in [0.25, 0.3) is 5.69 Å². The Morgan fingerprint density at radius 2 is 2.24 bits per heavy atom. The molecule has 0 spiro atoms. The molecule has 0 aliphatic rings. The quantitative estimate of drug-likeness (QED) is 0.574. The molecule has 0 aromatic heterocycles. The molecule has 2 N–H and O–H groups in total. The predicted molar refractivity (Wildman–Crippen MR) is 63.0 cm³/mol. The van der Waals surface area contributed by atoms with Gasteiger partial charge in [-0.15, -0.1) is 0 Å². The van der Waals surface area contributed by atoms with E-state index >= 15 is 0 Å². The van der Waals surface area contributed by atoms with Crippen LogP contribution in [0.4, 0.5) is 5.69 Å². The summed E-state index contributed by atoms with van der Waals surface area (Å²) in [6.07, 6.45) is 0. The van der Waals surface area contributed by atoms with E-state index in [1.54, 1.807) is 6.07 Å². The number of nitrogens with zero attached hydrogens (tertiary/aromatic N) is 1. The highest BCUT2D eigenvalue weighted by atomic mass is 16.6. The van der Waals surface area contributed by atoms with Crippen LogP contribution in [0.25, 0.3) is 0 Å². The smallest absolute Gasteiger partial charge is 0.273 e. The van der Waals surface area contributed by atoms with E-state index in [2.05, 4.69) is 5.32 Å². The average molecular weight is 240 g/mol. The molecule has 6 heteroatoms. The Labute approximate surface area is 99.4 Å². The second-order valence-electron chi connectivity index (χ2n) is 3.76. The summed E-state index contributed by atoms with van der Waals surface area (Å²) in [5.74, 6) is 0.452. The van der Waals surface area contributed by atoms with Crippen LogP contribution >= 0.6 is 0 Å². The van der Waals surface area contributed by atoms with Gasteiger partial charge in [0, 0.05) is 18.7 Å². The molecule has 0 saturated carbocycles. The molecule has 1 aromatic rings. The zero-order valence-electron chi connectivity index (χ0n) is 9.84. The van der Waals surface area contributed by atoms with Crippen LogP contribution in [0.1, 0.15) is 12.5 Å². The average Bonchev–Trinajstić information content (AvgIpc) is 2.35. The Morgan fingerprint density at radius 3 is 2.76 bits per heavy atom. The molecule has 0 aliphatic carbocycles. The lowest BCUT2D eigenvalue weighted by atomic mass is 10.1. The van der Waals surface area contributed by atoms with Gasteiger partial charge < -0.3 is 15.2 Å². The number of benzene rings is 1. The number of aliphatic hydroxyl groups excluding tert-OH is 1. The van der Waals surface area contributed by atoms with Gasteiger partial charge in [0.15, 0.2) is 0 Å². The minimum atomic E-state index is -0.457. The number of methoxy groups -OCH3 is 1. The first-order chi connectivity index (χ1) is 8.06. The Morgan fingerprint density at radius 1 is 1.53 bits per heavy atom. The highest BCUT2D eigenvalue weighted by Crippen LogP contribution is 2.22. The van der Waals surface area contributed by atoms with E-state index in [4.69, 9.17) is 9.84 Å². The first kappa shape index (κ1) is 13.4. The third-order valence-electron chi connectivity index (χ3n) is 2.33. The highest BCUT2D eigenvalue weighted by molar-refractivity contribution is 5.42. The number of hydrogen-bond acceptors (Lipinski definition) is 5. The molecular formula is C11H16N2O4. The van der Waals surface area contributed by atoms with Crippen LogP contribution in [0.3, 0.4) is 0 Å². The van der Waals surface area contributed by atoms with Crippen molar-refractivity contribution in [3.63, 3.8) is 0 Å². The first-order valence-corrected chi connectivity index (χ1v) is 5.23. The van der Waals surface area contributed by atoms with E-state index in [0.29, 0.717) is 12.3 Å². The van der Waals surface area contributed by atoms with Gasteiger partial charge >= 0.3 is 0 Å². The first-order valence-electron chi connectivity index (χ1n) is 5.23. The summed E-state index contributed by atoms with van der Waals surface area (Å²) in [7, 11) is 1.46. The number of nitrogens with one attached hydrogen (secondary N) is 1. The highest BCUT2D eigenvalue weighted by Gasteiger charge is 2.10. The summed E-state index contributed by atoms with van der Waals surface area (Å²) in [4.78, 5) is 10.2. The number of ether oxygens (including phenoxy) is 1. The van der Waals surface area contributed by atoms with Crippen molar-refractivity contribution >= 4 is 5.69 Å². The SMILES string of the molecule is COc1cc(CNC(C)CO)cc([N+](=O)[O-])c1. The summed E-state index contributed by atoms with van der Waals surface area (Å²) in [5.41, 5.74) is 0.745. The van der Waals surface area contributed by atoms with Crippen LogP contribution in [-0.2, 0) is 6.54 Å². The van der Waals surface area contributed by atoms with Crippen LogP contribution in [0.2, 0.25) is 0 Å². The Hall–Kier alpha value is -1.66. The Balaban J connectivity index is 2.83. The number of hydrogen-bond donors (Lipinski definition) is 2. The molecule has 1 atom stereocenters. The Kier molecular flexibility index (Phi) is 4.86. The molecule has 0 saturated heterocycles. The van der Waals surface area contributed by atoms with E-state index < -0.39 is 4.92 Å². The molecule has 6 nitrogen and oxygen atoms in total. The van der Waals surface area contributed by atoms with E-state index in [1.807, 2.05) is 6.92 Å². The molecule has 1 aromatic carbocycles. The standard InChI is InChI=1S/C11H16N2O4/c1-8(7-14)12-6-9-3-10(13(15)16)5-11(4-9)17-2/h3-5,8,12,14H,6-7H2,1-2H3. The maximum absolute atomic E-state index is 10.7. The predicted octanol–water partition coefficient (Wildman–Crippen LogP) is 1.07. The van der Waals surface area contributed by atoms with Crippen molar-refractivity contribution in [1.29, 1.82) is 0 Å². The second kappa shape index (κ2) is 6.17. The molecule has 0 aliphatic heterocycles. The minimum absolute atomic E-state index is 0.00204. The van der Waals surface area contributed by atoms with Gasteiger partial charge in [-0.3, -0.25) is 10.1 Å². The lowest BCUT2D eigenvalue weighted by molar-refractivity contribution is -0.385. The number of aliphatic hydroxyl groups is 1. The third-order valence-corrected chi connectivity index (χ3v) is 2.33. The molecule has 17 heavy (non-hydrogen) atoms. The lowest BCUT2D eigenvalue weighted by Crippen LogP contribution is -2.28. The van der Waals surface area contributed by atoms with Crippen molar-refractivity contribution in [3.05, 3.63) is 33.9 Å². The number of nitro groups is 1. The van der Waals surface area contributed by atoms with E-state index in [-0.39, 0.29) is 18.3 Å². The Bertz CT molecular complexity index is 395. The number of rotatable bonds is 6. The van der Waals surface area contributed by atoms with Gasteiger partial charge in [0.05, 0.1) is 24.7 Å². The van der Waals surface area contributed by atoms with Crippen LogP contribution in [0.5, 0.6) is 5.75 Å². The fourth-order valence-corrected chi connectivity index (χ4v) is 1.33. The molecule has 0 fully saturated rings. The van der Waals surface area contributed by atoms with Crippen LogP contribution < -0.4 is 10.1 Å². The summed E-state index contributed by atoms with van der Waals surface area (Å²) in [5, 5.41) is 22.6. The monoisotopic (exact) mass is 240 g/mol. The van der Waals surface area contributed by atoms with Gasteiger partial charge in [-0.25, -0.2) is 0 Å². The fraction of sp³-hybridized carbons (Fsp3) is 0.455. The van der Waals surface area contributed by atoms with Crippen molar-refractivity contribution in [3.8, 4) is 5.75 Å². The van der Waals surface area contributed by atoms with Gasteiger partial charge in [0.2, 0.25) is 0 Å². The second-order valence-corrected chi connectivity index (χ2v) is 3.76. The van der Waals surface area contributed by atoms with E-state index in [1.165, 1.54) is 19.2 Å². The van der Waals surface area contributed by atoms with E-state index in [0.717, 1.165) is 5.56 Å². The van der Waals surface area contributed by atoms with Crippen molar-refractivity contribution in [2.45, 2.75) is 19.5 Å². The van der Waals surface area contributed by atoms with Gasteiger partial charge in [0.1, 0.15) is 5.75 Å². The molecule has 1 rings (SSSR count). The minimum Gasteiger partial charge on any atom is -0.496 e. The largest absolute Gasteiger partial charge is 0.496 e. The third kappa shape index (κ3) is 4.01. The van der Waals surface area contributed by atoms with Crippen LogP contribution in [0, 0.1) is 10.1 Å².